The molecule has 1 aliphatic heterocycles. The van der Waals surface area contributed by atoms with E-state index < -0.39 is 0 Å². The van der Waals surface area contributed by atoms with Crippen molar-refractivity contribution in [3.05, 3.63) is 24.2 Å². The maximum atomic E-state index is 5.52. The van der Waals surface area contributed by atoms with Crippen molar-refractivity contribution in [1.29, 1.82) is 0 Å². The van der Waals surface area contributed by atoms with Gasteiger partial charge >= 0.3 is 0 Å². The molecule has 2 aromatic heterocycles. The van der Waals surface area contributed by atoms with Crippen LogP contribution in [0.3, 0.4) is 0 Å². The van der Waals surface area contributed by atoms with E-state index >= 15 is 0 Å². The summed E-state index contributed by atoms with van der Waals surface area (Å²) in [5.41, 5.74) is 0. The number of hydrogen-bond acceptors (Lipinski definition) is 5. The van der Waals surface area contributed by atoms with E-state index in [4.69, 9.17) is 4.42 Å². The average Bonchev–Trinajstić information content (AvgIpc) is 3.10. The quantitative estimate of drug-likeness (QED) is 0.789. The molecular weight excluding hydrogens is 296 g/mol. The summed E-state index contributed by atoms with van der Waals surface area (Å²) in [7, 11) is 0. The number of piperidine rings is 1. The fourth-order valence-corrected chi connectivity index (χ4v) is 3.93. The minimum absolute atomic E-state index is 0.691. The van der Waals surface area contributed by atoms with Gasteiger partial charge in [0.2, 0.25) is 5.95 Å². The number of furan rings is 1. The summed E-state index contributed by atoms with van der Waals surface area (Å²) in [6.45, 7) is 9.57. The van der Waals surface area contributed by atoms with Crippen LogP contribution >= 0.6 is 11.8 Å². The van der Waals surface area contributed by atoms with E-state index in [2.05, 4.69) is 40.4 Å². The van der Waals surface area contributed by atoms with Crippen molar-refractivity contribution in [1.82, 2.24) is 14.8 Å². The Bertz CT molecular complexity index is 585. The van der Waals surface area contributed by atoms with Crippen LogP contribution in [-0.4, -0.2) is 33.6 Å². The van der Waals surface area contributed by atoms with E-state index in [0.29, 0.717) is 18.4 Å². The van der Waals surface area contributed by atoms with Crippen molar-refractivity contribution in [2.24, 2.45) is 11.8 Å². The molecule has 22 heavy (non-hydrogen) atoms. The lowest BCUT2D eigenvalue weighted by Crippen LogP contribution is -2.40. The molecule has 2 atom stereocenters. The Morgan fingerprint density at radius 1 is 1.27 bits per heavy atom. The van der Waals surface area contributed by atoms with Gasteiger partial charge in [0.05, 0.1) is 12.8 Å². The van der Waals surface area contributed by atoms with E-state index in [-0.39, 0.29) is 0 Å². The van der Waals surface area contributed by atoms with Crippen LogP contribution < -0.4 is 4.90 Å². The van der Waals surface area contributed by atoms with Crippen molar-refractivity contribution < 1.29 is 4.42 Å². The molecule has 0 amide bonds. The number of hydrogen-bond donors (Lipinski definition) is 0. The highest BCUT2D eigenvalue weighted by Crippen LogP contribution is 2.28. The normalized spacial score (nSPS) is 22.2. The first-order chi connectivity index (χ1) is 10.7. The van der Waals surface area contributed by atoms with Gasteiger partial charge in [0.1, 0.15) is 5.76 Å². The second kappa shape index (κ2) is 6.77. The summed E-state index contributed by atoms with van der Waals surface area (Å²) >= 11 is 1.73. The van der Waals surface area contributed by atoms with Gasteiger partial charge in [0, 0.05) is 13.1 Å². The lowest BCUT2D eigenvalue weighted by molar-refractivity contribution is 0.350. The van der Waals surface area contributed by atoms with E-state index in [1.54, 1.807) is 18.0 Å². The van der Waals surface area contributed by atoms with E-state index in [1.165, 1.54) is 6.42 Å². The van der Waals surface area contributed by atoms with Crippen LogP contribution in [0.15, 0.2) is 28.0 Å². The Kier molecular flexibility index (Phi) is 4.76. The molecule has 1 fully saturated rings. The minimum Gasteiger partial charge on any atom is -0.467 e. The SMILES string of the molecule is CCSc1nnc(N2C[C@H](C)C[C@@H](C)C2)n1Cc1ccco1. The number of aromatic nitrogens is 3. The lowest BCUT2D eigenvalue weighted by atomic mass is 9.92. The lowest BCUT2D eigenvalue weighted by Gasteiger charge is -2.35. The molecule has 0 spiro atoms. The third-order valence-electron chi connectivity index (χ3n) is 4.02. The fraction of sp³-hybridized carbons (Fsp3) is 0.625. The molecule has 2 aromatic rings. The molecule has 0 unspecified atom stereocenters. The highest BCUT2D eigenvalue weighted by molar-refractivity contribution is 7.99. The van der Waals surface area contributed by atoms with Crippen LogP contribution in [0.25, 0.3) is 0 Å². The number of rotatable bonds is 5. The van der Waals surface area contributed by atoms with Gasteiger partial charge in [-0.2, -0.15) is 0 Å². The van der Waals surface area contributed by atoms with Gasteiger partial charge in [-0.25, -0.2) is 0 Å². The third-order valence-corrected chi connectivity index (χ3v) is 4.87. The van der Waals surface area contributed by atoms with Gasteiger partial charge in [-0.05, 0) is 36.1 Å². The zero-order valence-corrected chi connectivity index (χ0v) is 14.3. The first-order valence-electron chi connectivity index (χ1n) is 8.00. The summed E-state index contributed by atoms with van der Waals surface area (Å²) in [5, 5.41) is 9.86. The van der Waals surface area contributed by atoms with Gasteiger partial charge in [-0.3, -0.25) is 4.57 Å². The highest BCUT2D eigenvalue weighted by Gasteiger charge is 2.26. The molecule has 0 aliphatic carbocycles. The fourth-order valence-electron chi connectivity index (χ4n) is 3.27. The largest absolute Gasteiger partial charge is 0.467 e. The maximum Gasteiger partial charge on any atom is 0.228 e. The molecule has 0 aromatic carbocycles. The molecule has 5 nitrogen and oxygen atoms in total. The van der Waals surface area contributed by atoms with Crippen LogP contribution in [0.5, 0.6) is 0 Å². The zero-order chi connectivity index (χ0) is 15.5. The molecule has 120 valence electrons. The number of anilines is 1. The molecule has 3 heterocycles. The maximum absolute atomic E-state index is 5.52. The second-order valence-corrected chi connectivity index (χ2v) is 7.46. The minimum atomic E-state index is 0.691. The van der Waals surface area contributed by atoms with Crippen molar-refractivity contribution in [2.45, 2.75) is 38.9 Å². The van der Waals surface area contributed by atoms with Gasteiger partial charge < -0.3 is 9.32 Å². The summed E-state index contributed by atoms with van der Waals surface area (Å²) in [6, 6.07) is 3.93. The van der Waals surface area contributed by atoms with E-state index in [0.717, 1.165) is 35.7 Å². The Hall–Kier alpha value is -1.43. The molecule has 0 radical (unpaired) electrons. The first kappa shape index (κ1) is 15.5. The molecule has 6 heteroatoms. The number of thioether (sulfide) groups is 1. The van der Waals surface area contributed by atoms with Gasteiger partial charge in [-0.1, -0.05) is 32.5 Å². The smallest absolute Gasteiger partial charge is 0.228 e. The summed E-state index contributed by atoms with van der Waals surface area (Å²) in [6.07, 6.45) is 3.01. The monoisotopic (exact) mass is 320 g/mol. The van der Waals surface area contributed by atoms with E-state index in [1.807, 2.05) is 12.1 Å². The summed E-state index contributed by atoms with van der Waals surface area (Å²) in [4.78, 5) is 2.38. The Morgan fingerprint density at radius 3 is 2.68 bits per heavy atom. The van der Waals surface area contributed by atoms with Gasteiger partial charge in [0.15, 0.2) is 5.16 Å². The molecule has 0 saturated carbocycles. The molecule has 0 bridgehead atoms. The van der Waals surface area contributed by atoms with Crippen LogP contribution in [0.1, 0.15) is 33.0 Å². The molecule has 3 rings (SSSR count). The van der Waals surface area contributed by atoms with Gasteiger partial charge in [0.25, 0.3) is 0 Å². The average molecular weight is 320 g/mol. The molecule has 1 saturated heterocycles. The van der Waals surface area contributed by atoms with E-state index in [9.17, 15) is 0 Å². The Balaban J connectivity index is 1.89. The van der Waals surface area contributed by atoms with Crippen molar-refractivity contribution in [2.75, 3.05) is 23.7 Å². The van der Waals surface area contributed by atoms with Crippen LogP contribution in [0.4, 0.5) is 5.95 Å². The standard InChI is InChI=1S/C16H24N4OS/c1-4-22-16-18-17-15(19-9-12(2)8-13(3)10-19)20(16)11-14-6-5-7-21-14/h5-7,12-13H,4,8-11H2,1-3H3/t12-,13-/m1/s1. The predicted octanol–water partition coefficient (Wildman–Crippen LogP) is 3.51. The van der Waals surface area contributed by atoms with Crippen molar-refractivity contribution >= 4 is 17.7 Å². The van der Waals surface area contributed by atoms with Crippen molar-refractivity contribution in [3.63, 3.8) is 0 Å². The topological polar surface area (TPSA) is 47.1 Å². The third kappa shape index (κ3) is 3.32. The highest BCUT2D eigenvalue weighted by atomic mass is 32.2. The zero-order valence-electron chi connectivity index (χ0n) is 13.5. The summed E-state index contributed by atoms with van der Waals surface area (Å²) in [5.74, 6) is 4.30. The van der Waals surface area contributed by atoms with Crippen LogP contribution in [0, 0.1) is 11.8 Å². The molecule has 1 aliphatic rings. The summed E-state index contributed by atoms with van der Waals surface area (Å²) < 4.78 is 7.71. The van der Waals surface area contributed by atoms with Crippen molar-refractivity contribution in [3.8, 4) is 0 Å². The van der Waals surface area contributed by atoms with Gasteiger partial charge in [-0.15, -0.1) is 10.2 Å². The molecule has 0 N–H and O–H groups in total. The Labute approximate surface area is 136 Å². The predicted molar refractivity (Wildman–Crippen MR) is 89.4 cm³/mol. The second-order valence-electron chi connectivity index (χ2n) is 6.23. The number of nitrogens with zero attached hydrogens (tertiary/aromatic N) is 4. The Morgan fingerprint density at radius 2 is 2.05 bits per heavy atom. The van der Waals surface area contributed by atoms with Crippen LogP contribution in [0.2, 0.25) is 0 Å². The van der Waals surface area contributed by atoms with Crippen LogP contribution in [-0.2, 0) is 6.54 Å². The molecular formula is C16H24N4OS. The first-order valence-corrected chi connectivity index (χ1v) is 8.99.